The van der Waals surface area contributed by atoms with Crippen LogP contribution in [0.2, 0.25) is 10.0 Å². The van der Waals surface area contributed by atoms with Crippen LogP contribution in [-0.2, 0) is 17.3 Å². The summed E-state index contributed by atoms with van der Waals surface area (Å²) in [5, 5.41) is -0.416. The van der Waals surface area contributed by atoms with E-state index in [4.69, 9.17) is 27.9 Å². The number of rotatable bonds is 5. The summed E-state index contributed by atoms with van der Waals surface area (Å²) in [7, 11) is -2.62. The molecule has 4 rings (SSSR count). The molecule has 1 aromatic heterocycles. The van der Waals surface area contributed by atoms with Crippen molar-refractivity contribution in [2.24, 2.45) is 7.05 Å². The van der Waals surface area contributed by atoms with Gasteiger partial charge in [0.15, 0.2) is 11.6 Å². The largest absolute Gasteiger partial charge is 0.451 e. The van der Waals surface area contributed by atoms with Crippen LogP contribution in [0.4, 0.5) is 14.5 Å². The Bertz CT molecular complexity index is 1380. The summed E-state index contributed by atoms with van der Waals surface area (Å²) in [5.41, 5.74) is -0.287. The number of hydrogen-bond donors (Lipinski definition) is 1. The normalized spacial score (nSPS) is 17.1. The van der Waals surface area contributed by atoms with Crippen LogP contribution < -0.4 is 15.0 Å². The molecule has 1 aliphatic heterocycles. The van der Waals surface area contributed by atoms with Crippen LogP contribution in [0.3, 0.4) is 0 Å². The first-order chi connectivity index (χ1) is 15.1. The topological polar surface area (TPSA) is 93.5 Å². The summed E-state index contributed by atoms with van der Waals surface area (Å²) in [5.74, 6) is -1.47. The molecule has 2 heterocycles. The number of nitrogens with one attached hydrogen (secondary N) is 1. The molecule has 0 amide bonds. The number of nitrogens with zero attached hydrogens (tertiary/aromatic N) is 3. The maximum Gasteiger partial charge on any atom is 0.301 e. The zero-order chi connectivity index (χ0) is 23.2. The molecular weight excluding hydrogens is 489 g/mol. The van der Waals surface area contributed by atoms with Crippen LogP contribution in [0.1, 0.15) is 6.42 Å². The Balaban J connectivity index is 1.70. The van der Waals surface area contributed by atoms with Gasteiger partial charge in [0.2, 0.25) is 0 Å². The van der Waals surface area contributed by atoms with Crippen molar-refractivity contribution in [1.29, 1.82) is 0 Å². The quantitative estimate of drug-likeness (QED) is 0.569. The van der Waals surface area contributed by atoms with Gasteiger partial charge in [-0.3, -0.25) is 9.52 Å². The molecule has 1 atom stereocenters. The molecule has 170 valence electrons. The molecule has 1 aliphatic rings. The fourth-order valence-corrected chi connectivity index (χ4v) is 5.09. The smallest absolute Gasteiger partial charge is 0.301 e. The number of aryl methyl sites for hydroxylation is 1. The van der Waals surface area contributed by atoms with Gasteiger partial charge in [-0.15, -0.1) is 0 Å². The van der Waals surface area contributed by atoms with Crippen LogP contribution in [-0.4, -0.2) is 41.5 Å². The second-order valence-electron chi connectivity index (χ2n) is 7.12. The van der Waals surface area contributed by atoms with Crippen molar-refractivity contribution in [3.63, 3.8) is 0 Å². The molecule has 1 fully saturated rings. The van der Waals surface area contributed by atoms with E-state index in [0.29, 0.717) is 5.52 Å². The maximum absolute atomic E-state index is 14.5. The van der Waals surface area contributed by atoms with E-state index in [1.165, 1.54) is 30.1 Å². The molecule has 0 unspecified atom stereocenters. The fraction of sp³-hybridized carbons (Fsp3) is 0.263. The number of anilines is 1. The first-order valence-electron chi connectivity index (χ1n) is 9.30. The summed E-state index contributed by atoms with van der Waals surface area (Å²) in [6.07, 6.45) is 0.159. The van der Waals surface area contributed by atoms with E-state index < -0.39 is 33.5 Å². The molecular formula is C19H16Cl2F2N4O4S. The lowest BCUT2D eigenvalue weighted by atomic mass is 10.2. The molecule has 1 saturated heterocycles. The Morgan fingerprint density at radius 1 is 1.22 bits per heavy atom. The minimum absolute atomic E-state index is 0.00829. The zero-order valence-electron chi connectivity index (χ0n) is 16.5. The van der Waals surface area contributed by atoms with E-state index in [-0.39, 0.29) is 46.4 Å². The fourth-order valence-electron chi connectivity index (χ4n) is 3.24. The van der Waals surface area contributed by atoms with Gasteiger partial charge in [-0.1, -0.05) is 23.2 Å². The molecule has 0 aliphatic carbocycles. The molecule has 13 heteroatoms. The van der Waals surface area contributed by atoms with E-state index >= 15 is 0 Å². The average molecular weight is 505 g/mol. The number of benzene rings is 2. The van der Waals surface area contributed by atoms with Crippen molar-refractivity contribution in [2.75, 3.05) is 17.8 Å². The first kappa shape index (κ1) is 22.7. The minimum Gasteiger partial charge on any atom is -0.451 e. The van der Waals surface area contributed by atoms with Gasteiger partial charge >= 0.3 is 10.2 Å². The summed E-state index contributed by atoms with van der Waals surface area (Å²) >= 11 is 12.5. The highest BCUT2D eigenvalue weighted by Gasteiger charge is 2.32. The van der Waals surface area contributed by atoms with Gasteiger partial charge in [-0.25, -0.2) is 13.8 Å². The van der Waals surface area contributed by atoms with E-state index in [1.54, 1.807) is 0 Å². The Labute approximate surface area is 191 Å². The average Bonchev–Trinajstić information content (AvgIpc) is 3.19. The Kier molecular flexibility index (Phi) is 6.01. The molecule has 32 heavy (non-hydrogen) atoms. The molecule has 3 aromatic rings. The van der Waals surface area contributed by atoms with Crippen molar-refractivity contribution in [3.05, 3.63) is 56.8 Å². The molecule has 1 N–H and O–H groups in total. The zero-order valence-corrected chi connectivity index (χ0v) is 18.8. The van der Waals surface area contributed by atoms with Gasteiger partial charge in [0.1, 0.15) is 16.9 Å². The van der Waals surface area contributed by atoms with Crippen molar-refractivity contribution in [3.8, 4) is 11.5 Å². The SMILES string of the molecule is Cn1cnc2ccc(Oc3c(F)ccc(NS(=O)(=O)N4CC[C@H](F)C4)c3Cl)c(Cl)c2c1=O. The molecule has 0 saturated carbocycles. The standard InChI is InChI=1S/C19H16Cl2F2N4O4S/c1-26-9-24-12-4-5-14(17(21)15(12)19(26)28)31-18-11(23)2-3-13(16(18)20)25-32(29,30)27-7-6-10(22)8-27/h2-5,9-10,25H,6-8H2,1H3/t10-/m0/s1. The first-order valence-corrected chi connectivity index (χ1v) is 11.5. The predicted molar refractivity (Wildman–Crippen MR) is 117 cm³/mol. The van der Waals surface area contributed by atoms with Gasteiger partial charge in [0.25, 0.3) is 5.56 Å². The molecule has 0 bridgehead atoms. The molecule has 0 spiro atoms. The number of ether oxygens (including phenoxy) is 1. The van der Waals surface area contributed by atoms with E-state index in [9.17, 15) is 22.0 Å². The highest BCUT2D eigenvalue weighted by atomic mass is 35.5. The van der Waals surface area contributed by atoms with Crippen LogP contribution in [0.5, 0.6) is 11.5 Å². The van der Waals surface area contributed by atoms with Gasteiger partial charge in [-0.2, -0.15) is 12.7 Å². The molecule has 2 aromatic carbocycles. The minimum atomic E-state index is -4.12. The third-order valence-corrected chi connectivity index (χ3v) is 7.16. The lowest BCUT2D eigenvalue weighted by Crippen LogP contribution is -2.34. The highest BCUT2D eigenvalue weighted by Crippen LogP contribution is 2.41. The monoisotopic (exact) mass is 504 g/mol. The van der Waals surface area contributed by atoms with Gasteiger partial charge < -0.3 is 9.30 Å². The summed E-state index contributed by atoms with van der Waals surface area (Å²) in [6.45, 7) is -0.276. The number of alkyl halides is 1. The molecule has 8 nitrogen and oxygen atoms in total. The van der Waals surface area contributed by atoms with Gasteiger partial charge in [0.05, 0.1) is 27.9 Å². The van der Waals surface area contributed by atoms with Crippen LogP contribution in [0.25, 0.3) is 10.9 Å². The second-order valence-corrected chi connectivity index (χ2v) is 9.55. The number of halogens is 4. The van der Waals surface area contributed by atoms with Crippen molar-refractivity contribution in [1.82, 2.24) is 13.9 Å². The summed E-state index contributed by atoms with van der Waals surface area (Å²) in [4.78, 5) is 16.5. The van der Waals surface area contributed by atoms with E-state index in [0.717, 1.165) is 16.4 Å². The Morgan fingerprint density at radius 2 is 1.97 bits per heavy atom. The van der Waals surface area contributed by atoms with E-state index in [1.807, 2.05) is 0 Å². The maximum atomic E-state index is 14.5. The summed E-state index contributed by atoms with van der Waals surface area (Å²) < 4.78 is 62.9. The lowest BCUT2D eigenvalue weighted by Gasteiger charge is -2.19. The van der Waals surface area contributed by atoms with Crippen LogP contribution in [0.15, 0.2) is 35.4 Å². The molecule has 0 radical (unpaired) electrons. The number of hydrogen-bond acceptors (Lipinski definition) is 5. The number of fused-ring (bicyclic) bond motifs is 1. The van der Waals surface area contributed by atoms with Crippen LogP contribution in [0, 0.1) is 5.82 Å². The van der Waals surface area contributed by atoms with Crippen molar-refractivity contribution in [2.45, 2.75) is 12.6 Å². The highest BCUT2D eigenvalue weighted by molar-refractivity contribution is 7.90. The Morgan fingerprint density at radius 3 is 2.66 bits per heavy atom. The van der Waals surface area contributed by atoms with Gasteiger partial charge in [-0.05, 0) is 30.7 Å². The van der Waals surface area contributed by atoms with Gasteiger partial charge in [0, 0.05) is 20.1 Å². The van der Waals surface area contributed by atoms with Crippen LogP contribution >= 0.6 is 23.2 Å². The Hall–Kier alpha value is -2.47. The van der Waals surface area contributed by atoms with E-state index in [2.05, 4.69) is 9.71 Å². The second kappa shape index (κ2) is 8.47. The lowest BCUT2D eigenvalue weighted by molar-refractivity contribution is 0.343. The van der Waals surface area contributed by atoms with Crippen molar-refractivity contribution >= 4 is 50.0 Å². The third kappa shape index (κ3) is 4.13. The number of aromatic nitrogens is 2. The summed E-state index contributed by atoms with van der Waals surface area (Å²) in [6, 6.07) is 4.93. The van der Waals surface area contributed by atoms with Crippen molar-refractivity contribution < 1.29 is 21.9 Å². The predicted octanol–water partition coefficient (Wildman–Crippen LogP) is 3.87. The third-order valence-electron chi connectivity index (χ3n) is 4.92.